The van der Waals surface area contributed by atoms with Crippen LogP contribution in [-0.4, -0.2) is 30.2 Å². The lowest BCUT2D eigenvalue weighted by Crippen LogP contribution is -2.43. The Balaban J connectivity index is 1.84. The molecule has 1 aliphatic rings. The molecule has 2 aromatic rings. The van der Waals surface area contributed by atoms with Crippen molar-refractivity contribution in [3.05, 3.63) is 65.7 Å². The molecule has 0 fully saturated rings. The second-order valence-electron chi connectivity index (χ2n) is 5.94. The molecule has 2 aromatic carbocycles. The van der Waals surface area contributed by atoms with Gasteiger partial charge in [0.2, 0.25) is 0 Å². The van der Waals surface area contributed by atoms with E-state index in [2.05, 4.69) is 34.5 Å². The molecule has 2 N–H and O–H groups in total. The van der Waals surface area contributed by atoms with Crippen LogP contribution in [0.1, 0.15) is 17.5 Å². The van der Waals surface area contributed by atoms with Crippen LogP contribution in [0.3, 0.4) is 0 Å². The number of para-hydroxylation sites is 1. The first kappa shape index (κ1) is 15.6. The van der Waals surface area contributed by atoms with Gasteiger partial charge in [-0.25, -0.2) is 0 Å². The SMILES string of the molecule is O=C(O)CC1CNCc2ccccc2N1CCc1ccccc1. The second-order valence-corrected chi connectivity index (χ2v) is 5.94. The standard InChI is InChI=1S/C19H22N2O2/c22-19(23)12-17-14-20-13-16-8-4-5-9-18(16)21(17)11-10-15-6-2-1-3-7-15/h1-9,17,20H,10-14H2,(H,22,23). The number of benzene rings is 2. The average Bonchev–Trinajstić information content (AvgIpc) is 2.72. The number of anilines is 1. The fourth-order valence-corrected chi connectivity index (χ4v) is 3.20. The van der Waals surface area contributed by atoms with Gasteiger partial charge in [-0.3, -0.25) is 4.79 Å². The summed E-state index contributed by atoms with van der Waals surface area (Å²) in [5.41, 5.74) is 3.66. The van der Waals surface area contributed by atoms with Gasteiger partial charge < -0.3 is 15.3 Å². The number of nitrogens with one attached hydrogen (secondary N) is 1. The quantitative estimate of drug-likeness (QED) is 0.891. The largest absolute Gasteiger partial charge is 0.481 e. The number of carbonyl (C=O) groups is 1. The van der Waals surface area contributed by atoms with Crippen molar-refractivity contribution in [3.8, 4) is 0 Å². The molecule has 0 radical (unpaired) electrons. The van der Waals surface area contributed by atoms with Gasteiger partial charge in [0, 0.05) is 25.3 Å². The predicted octanol–water partition coefficient (Wildman–Crippen LogP) is 2.68. The van der Waals surface area contributed by atoms with E-state index in [9.17, 15) is 9.90 Å². The first-order valence-corrected chi connectivity index (χ1v) is 8.05. The number of hydrogen-bond acceptors (Lipinski definition) is 3. The van der Waals surface area contributed by atoms with Crippen LogP contribution >= 0.6 is 0 Å². The summed E-state index contributed by atoms with van der Waals surface area (Å²) in [7, 11) is 0. The lowest BCUT2D eigenvalue weighted by molar-refractivity contribution is -0.137. The Labute approximate surface area is 136 Å². The molecule has 0 spiro atoms. The third kappa shape index (κ3) is 3.90. The summed E-state index contributed by atoms with van der Waals surface area (Å²) in [5, 5.41) is 12.6. The minimum absolute atomic E-state index is 0.0279. The molecule has 1 unspecified atom stereocenters. The van der Waals surface area contributed by atoms with Crippen LogP contribution in [-0.2, 0) is 17.8 Å². The normalized spacial score (nSPS) is 17.4. The smallest absolute Gasteiger partial charge is 0.305 e. The molecule has 0 saturated carbocycles. The molecule has 1 aliphatic heterocycles. The van der Waals surface area contributed by atoms with Crippen molar-refractivity contribution in [2.75, 3.05) is 18.0 Å². The molecule has 1 heterocycles. The molecule has 0 bridgehead atoms. The van der Waals surface area contributed by atoms with Gasteiger partial charge in [0.1, 0.15) is 0 Å². The van der Waals surface area contributed by atoms with E-state index in [4.69, 9.17) is 0 Å². The Bertz CT molecular complexity index is 657. The highest BCUT2D eigenvalue weighted by molar-refractivity contribution is 5.69. The van der Waals surface area contributed by atoms with Gasteiger partial charge in [-0.05, 0) is 23.6 Å². The molecule has 4 nitrogen and oxygen atoms in total. The second kappa shape index (κ2) is 7.29. The fourth-order valence-electron chi connectivity index (χ4n) is 3.20. The van der Waals surface area contributed by atoms with Crippen LogP contribution in [0.2, 0.25) is 0 Å². The van der Waals surface area contributed by atoms with E-state index < -0.39 is 5.97 Å². The molecule has 1 atom stereocenters. The lowest BCUT2D eigenvalue weighted by Gasteiger charge is -2.32. The van der Waals surface area contributed by atoms with E-state index in [1.54, 1.807) is 0 Å². The Kier molecular flexibility index (Phi) is 4.93. The Morgan fingerprint density at radius 1 is 1.13 bits per heavy atom. The average molecular weight is 310 g/mol. The van der Waals surface area contributed by atoms with Crippen molar-refractivity contribution in [2.45, 2.75) is 25.4 Å². The van der Waals surface area contributed by atoms with E-state index in [0.717, 1.165) is 25.2 Å². The summed E-state index contributed by atoms with van der Waals surface area (Å²) in [6.07, 6.45) is 1.06. The van der Waals surface area contributed by atoms with Crippen LogP contribution < -0.4 is 10.2 Å². The van der Waals surface area contributed by atoms with Crippen LogP contribution in [0, 0.1) is 0 Å². The molecule has 0 aromatic heterocycles. The van der Waals surface area contributed by atoms with Crippen molar-refractivity contribution in [1.82, 2.24) is 5.32 Å². The van der Waals surface area contributed by atoms with Crippen molar-refractivity contribution < 1.29 is 9.90 Å². The van der Waals surface area contributed by atoms with Gasteiger partial charge in [-0.2, -0.15) is 0 Å². The molecule has 0 aliphatic carbocycles. The minimum Gasteiger partial charge on any atom is -0.481 e. The third-order valence-electron chi connectivity index (χ3n) is 4.33. The van der Waals surface area contributed by atoms with Gasteiger partial charge >= 0.3 is 5.97 Å². The number of aliphatic carboxylic acids is 1. The number of nitrogens with zero attached hydrogens (tertiary/aromatic N) is 1. The molecular weight excluding hydrogens is 288 g/mol. The van der Waals surface area contributed by atoms with Crippen molar-refractivity contribution in [2.24, 2.45) is 0 Å². The fraction of sp³-hybridized carbons (Fsp3) is 0.316. The number of hydrogen-bond donors (Lipinski definition) is 2. The predicted molar refractivity (Wildman–Crippen MR) is 91.7 cm³/mol. The monoisotopic (exact) mass is 310 g/mol. The van der Waals surface area contributed by atoms with Crippen LogP contribution in [0.25, 0.3) is 0 Å². The van der Waals surface area contributed by atoms with Crippen LogP contribution in [0.5, 0.6) is 0 Å². The van der Waals surface area contributed by atoms with Crippen LogP contribution in [0.4, 0.5) is 5.69 Å². The number of carboxylic acids is 1. The van der Waals surface area contributed by atoms with Crippen LogP contribution in [0.15, 0.2) is 54.6 Å². The Morgan fingerprint density at radius 2 is 1.87 bits per heavy atom. The highest BCUT2D eigenvalue weighted by Gasteiger charge is 2.25. The van der Waals surface area contributed by atoms with E-state index in [1.807, 2.05) is 30.3 Å². The lowest BCUT2D eigenvalue weighted by atomic mass is 10.1. The van der Waals surface area contributed by atoms with Crippen molar-refractivity contribution >= 4 is 11.7 Å². The van der Waals surface area contributed by atoms with Gasteiger partial charge in [0.25, 0.3) is 0 Å². The molecular formula is C19H22N2O2. The summed E-state index contributed by atoms with van der Waals surface area (Å²) in [6.45, 7) is 2.30. The maximum absolute atomic E-state index is 11.3. The third-order valence-corrected chi connectivity index (χ3v) is 4.33. The van der Waals surface area contributed by atoms with Gasteiger partial charge in [0.05, 0.1) is 12.5 Å². The summed E-state index contributed by atoms with van der Waals surface area (Å²) in [6, 6.07) is 18.6. The number of rotatable bonds is 5. The highest BCUT2D eigenvalue weighted by atomic mass is 16.4. The topological polar surface area (TPSA) is 52.6 Å². The Hall–Kier alpha value is -2.33. The zero-order valence-corrected chi connectivity index (χ0v) is 13.1. The number of carboxylic acid groups (broad SMARTS) is 1. The summed E-state index contributed by atoms with van der Waals surface area (Å²) < 4.78 is 0. The maximum atomic E-state index is 11.3. The van der Waals surface area contributed by atoms with Crippen molar-refractivity contribution in [1.29, 1.82) is 0 Å². The van der Waals surface area contributed by atoms with E-state index in [1.165, 1.54) is 11.1 Å². The van der Waals surface area contributed by atoms with Gasteiger partial charge in [-0.15, -0.1) is 0 Å². The van der Waals surface area contributed by atoms with Gasteiger partial charge in [-0.1, -0.05) is 48.5 Å². The van der Waals surface area contributed by atoms with Crippen molar-refractivity contribution in [3.63, 3.8) is 0 Å². The zero-order chi connectivity index (χ0) is 16.1. The van der Waals surface area contributed by atoms with E-state index in [-0.39, 0.29) is 12.5 Å². The molecule has 0 saturated heterocycles. The molecule has 3 rings (SSSR count). The van der Waals surface area contributed by atoms with E-state index >= 15 is 0 Å². The Morgan fingerprint density at radius 3 is 2.65 bits per heavy atom. The molecule has 120 valence electrons. The first-order chi connectivity index (χ1) is 11.2. The highest BCUT2D eigenvalue weighted by Crippen LogP contribution is 2.26. The first-order valence-electron chi connectivity index (χ1n) is 8.05. The number of fused-ring (bicyclic) bond motifs is 1. The molecule has 23 heavy (non-hydrogen) atoms. The molecule has 0 amide bonds. The van der Waals surface area contributed by atoms with E-state index in [0.29, 0.717) is 6.54 Å². The van der Waals surface area contributed by atoms with Gasteiger partial charge in [0.15, 0.2) is 0 Å². The summed E-state index contributed by atoms with van der Waals surface area (Å²) in [4.78, 5) is 13.5. The minimum atomic E-state index is -0.749. The zero-order valence-electron chi connectivity index (χ0n) is 13.1. The maximum Gasteiger partial charge on any atom is 0.305 e. The summed E-state index contributed by atoms with van der Waals surface area (Å²) in [5.74, 6) is -0.749. The summed E-state index contributed by atoms with van der Waals surface area (Å²) >= 11 is 0. The molecule has 4 heteroatoms.